The number of hydrogen-bond donors (Lipinski definition) is 6. The van der Waals surface area contributed by atoms with E-state index in [1.54, 1.807) is 25.3 Å². The maximum Gasteiger partial charge on any atom is 0.426 e. The van der Waals surface area contributed by atoms with Crippen molar-refractivity contribution >= 4 is 68.6 Å². The van der Waals surface area contributed by atoms with Gasteiger partial charge in [0.15, 0.2) is 6.73 Å². The average Bonchev–Trinajstić information content (AvgIpc) is 3.84. The lowest BCUT2D eigenvalue weighted by Gasteiger charge is -2.39. The molecule has 0 aliphatic carbocycles. The van der Waals surface area contributed by atoms with Crippen LogP contribution in [0.5, 0.6) is 5.75 Å². The summed E-state index contributed by atoms with van der Waals surface area (Å²) in [6.07, 6.45) is 3.91. The highest BCUT2D eigenvalue weighted by Gasteiger charge is 2.39. The van der Waals surface area contributed by atoms with Gasteiger partial charge in [0, 0.05) is 48.2 Å². The molecule has 0 radical (unpaired) electrons. The minimum atomic E-state index is -1.24. The van der Waals surface area contributed by atoms with Gasteiger partial charge in [-0.05, 0) is 98.2 Å². The van der Waals surface area contributed by atoms with Crippen LogP contribution in [-0.4, -0.2) is 123 Å². The van der Waals surface area contributed by atoms with Gasteiger partial charge in [-0.15, -0.1) is 11.3 Å². The van der Waals surface area contributed by atoms with Crippen molar-refractivity contribution in [3.63, 3.8) is 0 Å². The topological polar surface area (TPSA) is 242 Å². The fourth-order valence-electron chi connectivity index (χ4n) is 7.73. The average molecular weight is 1020 g/mol. The minimum Gasteiger partial charge on any atom is -0.508 e. The van der Waals surface area contributed by atoms with E-state index in [1.165, 1.54) is 44.0 Å². The summed E-state index contributed by atoms with van der Waals surface area (Å²) in [6, 6.07) is 9.45. The molecule has 380 valence electrons. The molecule has 1 fully saturated rings. The highest BCUT2D eigenvalue weighted by molar-refractivity contribution is 8.76. The van der Waals surface area contributed by atoms with E-state index in [0.717, 1.165) is 41.3 Å². The SMILES string of the molecule is CCCC(=O)OCN(C(=O)[C@@H](NC(=O)[C@H]1CCCCN1C)C(C)CC)[C@H](C[C@@H](O)c1nc(C(=O)NC(Cc2ccc(O)cc2)C[C@H](C)C(=O)NNC(=O)OCCSSc2ccccn2)cs1)C(C)C. The largest absolute Gasteiger partial charge is 0.508 e. The summed E-state index contributed by atoms with van der Waals surface area (Å²) in [4.78, 5) is 92.5. The first-order chi connectivity index (χ1) is 33.0. The van der Waals surface area contributed by atoms with Crippen LogP contribution in [0, 0.1) is 17.8 Å². The first-order valence-electron chi connectivity index (χ1n) is 23.6. The van der Waals surface area contributed by atoms with Crippen molar-refractivity contribution < 1.29 is 48.5 Å². The number of likely N-dealkylation sites (tertiary alicyclic amines) is 1. The zero-order chi connectivity index (χ0) is 50.5. The van der Waals surface area contributed by atoms with Gasteiger partial charge in [-0.2, -0.15) is 0 Å². The lowest BCUT2D eigenvalue weighted by molar-refractivity contribution is -0.159. The predicted octanol–water partition coefficient (Wildman–Crippen LogP) is 6.40. The third kappa shape index (κ3) is 18.7. The number of esters is 1. The standard InChI is InChI=1S/C48H70N8O10S3/c1-8-14-41(59)66-29-56(47(63)42(31(5)9-2)52-45(62)37-15-11-13-22-55(37)7)38(30(3)4)27-39(58)46-51-36(28-67-46)44(61)50-34(26-33-17-19-35(57)20-18-33)25-32(6)43(60)53-54-48(64)65-23-24-68-69-40-16-10-12-21-49-40/h10,12,16-21,28,30-32,34,37-39,42,57-58H,8-9,11,13-15,22-27,29H2,1-7H3,(H,50,61)(H,52,62)(H,53,60)(H,54,64)/t31?,32-,34?,37+,38+,39+,42-/m0/s1. The fraction of sp³-hybridized carbons (Fsp3) is 0.583. The molecule has 3 aromatic rings. The van der Waals surface area contributed by atoms with Gasteiger partial charge in [-0.25, -0.2) is 20.2 Å². The summed E-state index contributed by atoms with van der Waals surface area (Å²) in [5.74, 6) is -2.86. The monoisotopic (exact) mass is 1010 g/mol. The Balaban J connectivity index is 1.44. The molecule has 1 saturated heterocycles. The first-order valence-corrected chi connectivity index (χ1v) is 26.8. The molecule has 6 N–H and O–H groups in total. The Morgan fingerprint density at radius 1 is 0.971 bits per heavy atom. The minimum absolute atomic E-state index is 0.0163. The number of pyridine rings is 1. The highest BCUT2D eigenvalue weighted by atomic mass is 33.1. The number of amides is 5. The van der Waals surface area contributed by atoms with Crippen molar-refractivity contribution in [2.24, 2.45) is 17.8 Å². The third-order valence-electron chi connectivity index (χ3n) is 11.9. The number of piperidine rings is 1. The first kappa shape index (κ1) is 56.6. The molecule has 5 amide bonds. The summed E-state index contributed by atoms with van der Waals surface area (Å²) < 4.78 is 10.8. The van der Waals surface area contributed by atoms with E-state index < -0.39 is 59.9 Å². The highest BCUT2D eigenvalue weighted by Crippen LogP contribution is 2.30. The number of hydrazine groups is 1. The van der Waals surface area contributed by atoms with Crippen molar-refractivity contribution in [2.45, 2.75) is 135 Å². The number of likely N-dealkylation sites (N-methyl/N-ethyl adjacent to an activating group) is 1. The second-order valence-corrected chi connectivity index (χ2v) is 21.0. The molecule has 4 rings (SSSR count). The second-order valence-electron chi connectivity index (χ2n) is 17.7. The van der Waals surface area contributed by atoms with Gasteiger partial charge >= 0.3 is 12.1 Å². The zero-order valence-electron chi connectivity index (χ0n) is 40.7. The van der Waals surface area contributed by atoms with E-state index in [-0.39, 0.29) is 79.3 Å². The predicted molar refractivity (Wildman–Crippen MR) is 267 cm³/mol. The van der Waals surface area contributed by atoms with Crippen molar-refractivity contribution in [3.05, 3.63) is 70.3 Å². The number of aromatic hydroxyl groups is 1. The molecule has 0 bridgehead atoms. The van der Waals surface area contributed by atoms with Crippen LogP contribution in [-0.2, 0) is 35.1 Å². The number of benzene rings is 1. The van der Waals surface area contributed by atoms with Crippen LogP contribution in [0.15, 0.2) is 59.1 Å². The van der Waals surface area contributed by atoms with Crippen molar-refractivity contribution in [1.29, 1.82) is 0 Å². The van der Waals surface area contributed by atoms with E-state index in [1.807, 2.05) is 64.8 Å². The van der Waals surface area contributed by atoms with Gasteiger partial charge < -0.3 is 35.2 Å². The van der Waals surface area contributed by atoms with Gasteiger partial charge in [0.05, 0.1) is 6.04 Å². The Morgan fingerprint density at radius 3 is 2.39 bits per heavy atom. The molecule has 1 aliphatic heterocycles. The van der Waals surface area contributed by atoms with Crippen molar-refractivity contribution in [2.75, 3.05) is 32.7 Å². The number of nitrogens with one attached hydrogen (secondary N) is 4. The van der Waals surface area contributed by atoms with E-state index >= 15 is 0 Å². The zero-order valence-corrected chi connectivity index (χ0v) is 43.1. The molecular formula is C48H70N8O10S3. The van der Waals surface area contributed by atoms with Gasteiger partial charge in [-0.1, -0.05) is 83.4 Å². The van der Waals surface area contributed by atoms with Gasteiger partial charge in [0.2, 0.25) is 17.7 Å². The molecule has 0 saturated carbocycles. The van der Waals surface area contributed by atoms with Crippen LogP contribution in [0.4, 0.5) is 4.79 Å². The number of hydrogen-bond acceptors (Lipinski definition) is 16. The number of aromatic nitrogens is 2. The quantitative estimate of drug-likeness (QED) is 0.0168. The number of phenols is 1. The van der Waals surface area contributed by atoms with Crippen LogP contribution in [0.1, 0.15) is 120 Å². The summed E-state index contributed by atoms with van der Waals surface area (Å²) in [5, 5.41) is 30.2. The molecule has 21 heteroatoms. The summed E-state index contributed by atoms with van der Waals surface area (Å²) in [5.41, 5.74) is 5.45. The molecule has 1 aromatic carbocycles. The lowest BCUT2D eigenvalue weighted by atomic mass is 9.92. The van der Waals surface area contributed by atoms with E-state index in [9.17, 15) is 39.0 Å². The lowest BCUT2D eigenvalue weighted by Crippen LogP contribution is -2.59. The van der Waals surface area contributed by atoms with Crippen LogP contribution in [0.25, 0.3) is 0 Å². The summed E-state index contributed by atoms with van der Waals surface area (Å²) in [7, 11) is 4.82. The number of aliphatic hydroxyl groups is 1. The Kier molecular flexibility index (Phi) is 24.0. The van der Waals surface area contributed by atoms with Crippen LogP contribution in [0.2, 0.25) is 0 Å². The third-order valence-corrected chi connectivity index (χ3v) is 15.1. The normalized spacial score (nSPS) is 16.5. The number of nitrogens with zero attached hydrogens (tertiary/aromatic N) is 4. The van der Waals surface area contributed by atoms with E-state index in [2.05, 4.69) is 31.5 Å². The number of aliphatic hydroxyl groups excluding tert-OH is 1. The number of carbonyl (C=O) groups excluding carboxylic acids is 6. The molecule has 2 aromatic heterocycles. The smallest absolute Gasteiger partial charge is 0.426 e. The number of ether oxygens (including phenoxy) is 2. The summed E-state index contributed by atoms with van der Waals surface area (Å²) >= 11 is 1.07. The van der Waals surface area contributed by atoms with Gasteiger partial charge in [0.25, 0.3) is 5.91 Å². The van der Waals surface area contributed by atoms with Crippen LogP contribution < -0.4 is 21.5 Å². The molecule has 1 aliphatic rings. The fourth-order valence-corrected chi connectivity index (χ4v) is 10.2. The Hall–Kier alpha value is -4.96. The van der Waals surface area contributed by atoms with Gasteiger partial charge in [0.1, 0.15) is 40.2 Å². The number of carbonyl (C=O) groups is 6. The number of phenolic OH excluding ortho intramolecular Hbond substituents is 1. The molecule has 3 heterocycles. The molecule has 7 atom stereocenters. The number of thiazole rings is 1. The van der Waals surface area contributed by atoms with Crippen LogP contribution >= 0.6 is 32.9 Å². The molecule has 69 heavy (non-hydrogen) atoms. The molecule has 2 unspecified atom stereocenters. The molecular weight excluding hydrogens is 945 g/mol. The van der Waals surface area contributed by atoms with Crippen LogP contribution in [0.3, 0.4) is 0 Å². The maximum absolute atomic E-state index is 14.7. The summed E-state index contributed by atoms with van der Waals surface area (Å²) in [6.45, 7) is 11.6. The Morgan fingerprint density at radius 2 is 1.72 bits per heavy atom. The van der Waals surface area contributed by atoms with Crippen molar-refractivity contribution in [3.8, 4) is 5.75 Å². The molecule has 18 nitrogen and oxygen atoms in total. The Bertz CT molecular complexity index is 2100. The molecule has 0 spiro atoms. The van der Waals surface area contributed by atoms with Gasteiger partial charge in [-0.3, -0.25) is 34.3 Å². The maximum atomic E-state index is 14.7. The Labute approximate surface area is 417 Å². The second kappa shape index (κ2) is 29.3. The van der Waals surface area contributed by atoms with E-state index in [4.69, 9.17) is 9.47 Å². The van der Waals surface area contributed by atoms with E-state index in [0.29, 0.717) is 25.0 Å². The van der Waals surface area contributed by atoms with Crippen molar-refractivity contribution in [1.82, 2.24) is 41.3 Å². The number of rotatable bonds is 26.